The Hall–Kier alpha value is -0.540. The molecule has 0 spiro atoms. The van der Waals surface area contributed by atoms with Gasteiger partial charge in [-0.1, -0.05) is 27.5 Å². The van der Waals surface area contributed by atoms with E-state index in [0.29, 0.717) is 21.5 Å². The van der Waals surface area contributed by atoms with Crippen molar-refractivity contribution in [2.45, 2.75) is 12.3 Å². The molecule has 70 valence electrons. The lowest BCUT2D eigenvalue weighted by atomic mass is 10.1. The van der Waals surface area contributed by atoms with E-state index in [2.05, 4.69) is 15.9 Å². The lowest BCUT2D eigenvalue weighted by Gasteiger charge is -2.05. The quantitative estimate of drug-likeness (QED) is 0.832. The van der Waals surface area contributed by atoms with Gasteiger partial charge in [0.25, 0.3) is 0 Å². The summed E-state index contributed by atoms with van der Waals surface area (Å²) in [6.07, 6.45) is 0. The van der Waals surface area contributed by atoms with Crippen molar-refractivity contribution >= 4 is 33.5 Å². The summed E-state index contributed by atoms with van der Waals surface area (Å²) in [6, 6.07) is 3.26. The van der Waals surface area contributed by atoms with Gasteiger partial charge in [-0.3, -0.25) is 0 Å². The van der Waals surface area contributed by atoms with E-state index in [1.54, 1.807) is 19.1 Å². The van der Waals surface area contributed by atoms with Gasteiger partial charge in [-0.15, -0.1) is 0 Å². The molecule has 0 aliphatic carbocycles. The van der Waals surface area contributed by atoms with Crippen molar-refractivity contribution in [3.63, 3.8) is 0 Å². The molecule has 1 aromatic carbocycles. The molecule has 0 heterocycles. The van der Waals surface area contributed by atoms with Crippen LogP contribution in [0.4, 0.5) is 0 Å². The fourth-order valence-electron chi connectivity index (χ4n) is 1.03. The van der Waals surface area contributed by atoms with Crippen molar-refractivity contribution < 1.29 is 9.90 Å². The highest BCUT2D eigenvalue weighted by atomic mass is 79.9. The van der Waals surface area contributed by atoms with Gasteiger partial charge in [0.15, 0.2) is 0 Å². The maximum atomic E-state index is 10.8. The zero-order chi connectivity index (χ0) is 10.0. The molecule has 0 atom stereocenters. The average molecular weight is 264 g/mol. The Kier molecular flexibility index (Phi) is 3.33. The number of hydrogen-bond acceptors (Lipinski definition) is 1. The second-order valence-corrected chi connectivity index (χ2v) is 3.67. The number of aryl methyl sites for hydroxylation is 1. The highest BCUT2D eigenvalue weighted by Gasteiger charge is 2.11. The molecule has 1 aromatic rings. The summed E-state index contributed by atoms with van der Waals surface area (Å²) in [7, 11) is 0. The fourth-order valence-corrected chi connectivity index (χ4v) is 1.68. The van der Waals surface area contributed by atoms with Crippen LogP contribution in [0.1, 0.15) is 21.5 Å². The van der Waals surface area contributed by atoms with Gasteiger partial charge in [0, 0.05) is 10.4 Å². The highest BCUT2D eigenvalue weighted by molar-refractivity contribution is 9.08. The molecule has 13 heavy (non-hydrogen) atoms. The number of carboxylic acid groups (broad SMARTS) is 1. The third-order valence-electron chi connectivity index (χ3n) is 1.76. The first-order valence-corrected chi connectivity index (χ1v) is 5.14. The minimum Gasteiger partial charge on any atom is -0.478 e. The van der Waals surface area contributed by atoms with Gasteiger partial charge in [0.05, 0.1) is 5.56 Å². The normalized spacial score (nSPS) is 10.1. The molecule has 0 aromatic heterocycles. The number of rotatable bonds is 2. The minimum absolute atomic E-state index is 0.304. The van der Waals surface area contributed by atoms with Crippen molar-refractivity contribution in [3.8, 4) is 0 Å². The molecule has 0 fully saturated rings. The van der Waals surface area contributed by atoms with Crippen LogP contribution in [0, 0.1) is 6.92 Å². The molecule has 4 heteroatoms. The van der Waals surface area contributed by atoms with Crippen LogP contribution in [-0.4, -0.2) is 11.1 Å². The zero-order valence-corrected chi connectivity index (χ0v) is 9.32. The Morgan fingerprint density at radius 3 is 2.69 bits per heavy atom. The minimum atomic E-state index is -0.922. The molecule has 0 radical (unpaired) electrons. The zero-order valence-electron chi connectivity index (χ0n) is 6.97. The van der Waals surface area contributed by atoms with Crippen molar-refractivity contribution in [2.24, 2.45) is 0 Å². The summed E-state index contributed by atoms with van der Waals surface area (Å²) >= 11 is 9.07. The summed E-state index contributed by atoms with van der Waals surface area (Å²) in [6.45, 7) is 1.78. The first kappa shape index (κ1) is 10.5. The molecule has 0 saturated heterocycles. The monoisotopic (exact) mass is 262 g/mol. The summed E-state index contributed by atoms with van der Waals surface area (Å²) < 4.78 is 0. The Labute approximate surface area is 89.7 Å². The SMILES string of the molecule is Cc1cc(C(=O)O)c(CBr)cc1Cl. The van der Waals surface area contributed by atoms with Crippen LogP contribution in [0.2, 0.25) is 5.02 Å². The number of aromatic carboxylic acids is 1. The van der Waals surface area contributed by atoms with Gasteiger partial charge in [0.2, 0.25) is 0 Å². The van der Waals surface area contributed by atoms with E-state index >= 15 is 0 Å². The maximum absolute atomic E-state index is 10.8. The van der Waals surface area contributed by atoms with Crippen molar-refractivity contribution in [1.29, 1.82) is 0 Å². The average Bonchev–Trinajstić information content (AvgIpc) is 2.08. The van der Waals surface area contributed by atoms with Gasteiger partial charge < -0.3 is 5.11 Å². The second kappa shape index (κ2) is 4.11. The van der Waals surface area contributed by atoms with Gasteiger partial charge in [-0.25, -0.2) is 4.79 Å². The molecule has 0 saturated carbocycles. The number of benzene rings is 1. The van der Waals surface area contributed by atoms with E-state index in [9.17, 15) is 4.79 Å². The maximum Gasteiger partial charge on any atom is 0.336 e. The number of hydrogen-bond donors (Lipinski definition) is 1. The standard InChI is InChI=1S/C9H8BrClO2/c1-5-2-7(9(12)13)6(4-10)3-8(5)11/h2-3H,4H2,1H3,(H,12,13). The largest absolute Gasteiger partial charge is 0.478 e. The summed E-state index contributed by atoms with van der Waals surface area (Å²) in [5, 5.41) is 9.94. The number of carbonyl (C=O) groups is 1. The molecule has 0 aliphatic heterocycles. The first-order valence-electron chi connectivity index (χ1n) is 3.64. The van der Waals surface area contributed by atoms with Crippen molar-refractivity contribution in [1.82, 2.24) is 0 Å². The number of alkyl halides is 1. The van der Waals surface area contributed by atoms with Gasteiger partial charge in [-0.2, -0.15) is 0 Å². The van der Waals surface area contributed by atoms with Crippen LogP contribution in [0.5, 0.6) is 0 Å². The van der Waals surface area contributed by atoms with Gasteiger partial charge >= 0.3 is 5.97 Å². The van der Waals surface area contributed by atoms with Crippen LogP contribution in [-0.2, 0) is 5.33 Å². The topological polar surface area (TPSA) is 37.3 Å². The molecule has 1 N–H and O–H groups in total. The molecular weight excluding hydrogens is 255 g/mol. The third-order valence-corrected chi connectivity index (χ3v) is 2.77. The molecule has 0 aliphatic rings. The third kappa shape index (κ3) is 2.23. The van der Waals surface area contributed by atoms with Crippen molar-refractivity contribution in [3.05, 3.63) is 33.8 Å². The Morgan fingerprint density at radius 1 is 1.62 bits per heavy atom. The molecule has 0 unspecified atom stereocenters. The fraction of sp³-hybridized carbons (Fsp3) is 0.222. The van der Waals surface area contributed by atoms with E-state index in [4.69, 9.17) is 16.7 Å². The first-order chi connectivity index (χ1) is 6.06. The van der Waals surface area contributed by atoms with Gasteiger partial charge in [0.1, 0.15) is 0 Å². The van der Waals surface area contributed by atoms with E-state index in [0.717, 1.165) is 5.56 Å². The molecular formula is C9H8BrClO2. The van der Waals surface area contributed by atoms with Crippen LogP contribution in [0.25, 0.3) is 0 Å². The predicted octanol–water partition coefficient (Wildman–Crippen LogP) is 3.24. The summed E-state index contributed by atoms with van der Waals surface area (Å²) in [4.78, 5) is 10.8. The van der Waals surface area contributed by atoms with Crippen LogP contribution >= 0.6 is 27.5 Å². The van der Waals surface area contributed by atoms with E-state index in [1.807, 2.05) is 0 Å². The predicted molar refractivity (Wildman–Crippen MR) is 55.8 cm³/mol. The van der Waals surface area contributed by atoms with Crippen LogP contribution in [0.15, 0.2) is 12.1 Å². The van der Waals surface area contributed by atoms with E-state index < -0.39 is 5.97 Å². The van der Waals surface area contributed by atoms with Crippen LogP contribution in [0.3, 0.4) is 0 Å². The van der Waals surface area contributed by atoms with Crippen molar-refractivity contribution in [2.75, 3.05) is 0 Å². The molecule has 2 nitrogen and oxygen atoms in total. The summed E-state index contributed by atoms with van der Waals surface area (Å²) in [5.74, 6) is -0.922. The smallest absolute Gasteiger partial charge is 0.336 e. The lowest BCUT2D eigenvalue weighted by Crippen LogP contribution is -2.01. The Balaban J connectivity index is 3.33. The lowest BCUT2D eigenvalue weighted by molar-refractivity contribution is 0.0696. The Morgan fingerprint density at radius 2 is 2.23 bits per heavy atom. The van der Waals surface area contributed by atoms with E-state index in [1.165, 1.54) is 0 Å². The number of halogens is 2. The molecule has 1 rings (SSSR count). The number of carboxylic acids is 1. The van der Waals surface area contributed by atoms with E-state index in [-0.39, 0.29) is 0 Å². The summed E-state index contributed by atoms with van der Waals surface area (Å²) in [5.41, 5.74) is 1.78. The molecule has 0 bridgehead atoms. The molecule has 0 amide bonds. The second-order valence-electron chi connectivity index (χ2n) is 2.70. The van der Waals surface area contributed by atoms with Gasteiger partial charge in [-0.05, 0) is 30.2 Å². The van der Waals surface area contributed by atoms with Crippen LogP contribution < -0.4 is 0 Å². The Bertz CT molecular complexity index is 350. The highest BCUT2D eigenvalue weighted by Crippen LogP contribution is 2.22.